The minimum atomic E-state index is -2.07. The van der Waals surface area contributed by atoms with Gasteiger partial charge in [-0.25, -0.2) is 9.40 Å². The molecule has 26 heavy (non-hydrogen) atoms. The summed E-state index contributed by atoms with van der Waals surface area (Å²) in [5.41, 5.74) is 8.74. The number of hydrogen-bond acceptors (Lipinski definition) is 6. The molecular formula is C15H31FN6O3Si. The lowest BCUT2D eigenvalue weighted by Gasteiger charge is -2.43. The zero-order chi connectivity index (χ0) is 20.1. The molecule has 0 saturated carbocycles. The highest BCUT2D eigenvalue weighted by molar-refractivity contribution is 6.74. The van der Waals surface area contributed by atoms with Gasteiger partial charge in [0.25, 0.3) is 0 Å². The van der Waals surface area contributed by atoms with Gasteiger partial charge in [-0.15, -0.1) is 0 Å². The lowest BCUT2D eigenvalue weighted by molar-refractivity contribution is -0.173. The minimum Gasteiger partial charge on any atom is -0.414 e. The predicted molar refractivity (Wildman–Crippen MR) is 98.6 cm³/mol. The molecule has 1 heterocycles. The average Bonchev–Trinajstić information content (AvgIpc) is 2.52. The third-order valence-electron chi connectivity index (χ3n) is 5.04. The SMILES string of the molecule is CN=NN(C(C)F)[C@@H]1CC(N=[N+]=[N-])O[C@H](CO[Si](C)(C)C(C)(C)C)[C@H]1O. The van der Waals surface area contributed by atoms with Gasteiger partial charge in [0.1, 0.15) is 18.4 Å². The highest BCUT2D eigenvalue weighted by Crippen LogP contribution is 2.37. The molecule has 1 saturated heterocycles. The van der Waals surface area contributed by atoms with Gasteiger partial charge in [-0.2, -0.15) is 5.11 Å². The molecule has 1 aliphatic rings. The summed E-state index contributed by atoms with van der Waals surface area (Å²) in [7, 11) is -0.649. The number of alkyl halides is 1. The first kappa shape index (κ1) is 22.8. The summed E-state index contributed by atoms with van der Waals surface area (Å²) in [4.78, 5) is 2.77. The standard InChI is InChI=1S/C15H31FN6O3Si/c1-10(16)22(21-18-5)11-8-13(19-20-17)25-12(14(11)23)9-24-26(6,7)15(2,3)4/h10-14,23H,8-9H2,1-7H3/t10?,11-,12-,13?,14+/m1/s1. The van der Waals surface area contributed by atoms with E-state index in [4.69, 9.17) is 14.7 Å². The second kappa shape index (κ2) is 9.09. The molecule has 1 fully saturated rings. The van der Waals surface area contributed by atoms with Gasteiger partial charge in [0.05, 0.1) is 19.7 Å². The minimum absolute atomic E-state index is 0.00780. The van der Waals surface area contributed by atoms with Crippen LogP contribution in [0.2, 0.25) is 18.1 Å². The number of ether oxygens (including phenoxy) is 1. The van der Waals surface area contributed by atoms with E-state index in [0.29, 0.717) is 0 Å². The molecule has 11 heteroatoms. The predicted octanol–water partition coefficient (Wildman–Crippen LogP) is 3.78. The Kier molecular flexibility index (Phi) is 7.97. The van der Waals surface area contributed by atoms with Crippen LogP contribution in [0.4, 0.5) is 4.39 Å². The van der Waals surface area contributed by atoms with Crippen molar-refractivity contribution >= 4 is 8.32 Å². The van der Waals surface area contributed by atoms with Crippen LogP contribution in [0.5, 0.6) is 0 Å². The highest BCUT2D eigenvalue weighted by Gasteiger charge is 2.44. The Balaban J connectivity index is 3.01. The summed E-state index contributed by atoms with van der Waals surface area (Å²) in [6, 6.07) is -0.740. The molecule has 0 amide bonds. The number of nitrogens with zero attached hydrogens (tertiary/aromatic N) is 6. The lowest BCUT2D eigenvalue weighted by Crippen LogP contribution is -2.57. The maximum absolute atomic E-state index is 14.0. The fourth-order valence-electron chi connectivity index (χ4n) is 2.48. The van der Waals surface area contributed by atoms with Crippen LogP contribution in [0.25, 0.3) is 10.4 Å². The molecule has 1 N–H and O–H groups in total. The first-order valence-corrected chi connectivity index (χ1v) is 11.6. The van der Waals surface area contributed by atoms with Crippen LogP contribution >= 0.6 is 0 Å². The molecule has 2 unspecified atom stereocenters. The van der Waals surface area contributed by atoms with Gasteiger partial charge < -0.3 is 14.3 Å². The molecule has 0 aromatic rings. The summed E-state index contributed by atoms with van der Waals surface area (Å²) in [6.45, 7) is 11.9. The maximum atomic E-state index is 14.0. The summed E-state index contributed by atoms with van der Waals surface area (Å²) in [5.74, 6) is 0. The quantitative estimate of drug-likeness (QED) is 0.178. The molecule has 9 nitrogen and oxygen atoms in total. The van der Waals surface area contributed by atoms with Crippen molar-refractivity contribution in [3.8, 4) is 0 Å². The van der Waals surface area contributed by atoms with E-state index in [-0.39, 0.29) is 18.1 Å². The number of aliphatic hydroxyl groups excluding tert-OH is 1. The van der Waals surface area contributed by atoms with Crippen molar-refractivity contribution in [3.63, 3.8) is 0 Å². The van der Waals surface area contributed by atoms with Gasteiger partial charge in [0.15, 0.2) is 14.6 Å². The molecule has 1 rings (SSSR count). The van der Waals surface area contributed by atoms with Gasteiger partial charge in [0.2, 0.25) is 0 Å². The monoisotopic (exact) mass is 390 g/mol. The molecule has 0 radical (unpaired) electrons. The molecule has 0 bridgehead atoms. The number of rotatable bonds is 7. The fourth-order valence-corrected chi connectivity index (χ4v) is 3.49. The van der Waals surface area contributed by atoms with Crippen molar-refractivity contribution in [2.24, 2.45) is 15.5 Å². The van der Waals surface area contributed by atoms with Crippen LogP contribution in [-0.2, 0) is 9.16 Å². The van der Waals surface area contributed by atoms with Crippen molar-refractivity contribution in [1.82, 2.24) is 5.01 Å². The van der Waals surface area contributed by atoms with Crippen LogP contribution in [0.1, 0.15) is 34.1 Å². The molecule has 1 aliphatic heterocycles. The van der Waals surface area contributed by atoms with Gasteiger partial charge in [-0.05, 0) is 30.6 Å². The van der Waals surface area contributed by atoms with Gasteiger partial charge in [-0.1, -0.05) is 31.1 Å². The largest absolute Gasteiger partial charge is 0.414 e. The van der Waals surface area contributed by atoms with Crippen LogP contribution in [-0.4, -0.2) is 62.9 Å². The van der Waals surface area contributed by atoms with E-state index in [1.54, 1.807) is 0 Å². The van der Waals surface area contributed by atoms with E-state index < -0.39 is 39.1 Å². The number of aliphatic hydroxyl groups is 1. The van der Waals surface area contributed by atoms with Crippen molar-refractivity contribution in [2.45, 2.75) is 83.0 Å². The Hall–Kier alpha value is -1.26. The van der Waals surface area contributed by atoms with E-state index in [2.05, 4.69) is 54.2 Å². The molecule has 0 spiro atoms. The Morgan fingerprint density at radius 1 is 1.46 bits per heavy atom. The number of azide groups is 1. The Labute approximate surface area is 155 Å². The highest BCUT2D eigenvalue weighted by atomic mass is 28.4. The molecule has 0 aromatic carbocycles. The summed E-state index contributed by atoms with van der Waals surface area (Å²) in [6.07, 6.45) is -4.02. The molecule has 5 atom stereocenters. The van der Waals surface area contributed by atoms with Crippen LogP contribution in [0, 0.1) is 0 Å². The maximum Gasteiger partial charge on any atom is 0.192 e. The van der Waals surface area contributed by atoms with Crippen LogP contribution < -0.4 is 0 Å². The fraction of sp³-hybridized carbons (Fsp3) is 1.00. The van der Waals surface area contributed by atoms with Crippen LogP contribution in [0.3, 0.4) is 0 Å². The molecule has 150 valence electrons. The molecular weight excluding hydrogens is 359 g/mol. The zero-order valence-corrected chi connectivity index (χ0v) is 17.6. The summed E-state index contributed by atoms with van der Waals surface area (Å²) < 4.78 is 25.8. The van der Waals surface area contributed by atoms with Crippen molar-refractivity contribution in [3.05, 3.63) is 10.4 Å². The Morgan fingerprint density at radius 2 is 2.08 bits per heavy atom. The van der Waals surface area contributed by atoms with E-state index in [9.17, 15) is 9.50 Å². The topological polar surface area (TPSA) is 115 Å². The van der Waals surface area contributed by atoms with E-state index in [1.807, 2.05) is 0 Å². The second-order valence-corrected chi connectivity index (χ2v) is 12.8. The number of hydrogen-bond donors (Lipinski definition) is 1. The Morgan fingerprint density at radius 3 is 2.54 bits per heavy atom. The third-order valence-corrected chi connectivity index (χ3v) is 9.54. The van der Waals surface area contributed by atoms with Gasteiger partial charge in [-0.3, -0.25) is 0 Å². The van der Waals surface area contributed by atoms with Gasteiger partial charge >= 0.3 is 0 Å². The second-order valence-electron chi connectivity index (χ2n) is 7.94. The smallest absolute Gasteiger partial charge is 0.192 e. The first-order chi connectivity index (χ1) is 11.9. The number of halogens is 1. The normalized spacial score (nSPS) is 28.7. The van der Waals surface area contributed by atoms with E-state index >= 15 is 0 Å². The van der Waals surface area contributed by atoms with Crippen molar-refractivity contribution in [1.29, 1.82) is 0 Å². The lowest BCUT2D eigenvalue weighted by atomic mass is 9.97. The Bertz CT molecular complexity index is 536. The zero-order valence-electron chi connectivity index (χ0n) is 16.6. The van der Waals surface area contributed by atoms with Gasteiger partial charge in [0, 0.05) is 11.3 Å². The van der Waals surface area contributed by atoms with Crippen LogP contribution in [0.15, 0.2) is 15.5 Å². The van der Waals surface area contributed by atoms with Crippen molar-refractivity contribution in [2.75, 3.05) is 13.7 Å². The summed E-state index contributed by atoms with van der Waals surface area (Å²) in [5, 5.41) is 22.8. The molecule has 0 aliphatic carbocycles. The van der Waals surface area contributed by atoms with Crippen molar-refractivity contribution < 1.29 is 18.7 Å². The van der Waals surface area contributed by atoms with E-state index in [1.165, 1.54) is 14.0 Å². The average molecular weight is 391 g/mol. The third kappa shape index (κ3) is 5.62. The van der Waals surface area contributed by atoms with E-state index in [0.717, 1.165) is 5.01 Å². The summed E-state index contributed by atoms with van der Waals surface area (Å²) >= 11 is 0. The molecule has 0 aromatic heterocycles. The first-order valence-electron chi connectivity index (χ1n) is 8.68.